The van der Waals surface area contributed by atoms with Crippen LogP contribution in [0.25, 0.3) is 0 Å². The average Bonchev–Trinajstić information content (AvgIpc) is 2.48. The topological polar surface area (TPSA) is 77.5 Å². The second-order valence-corrected chi connectivity index (χ2v) is 5.64. The van der Waals surface area contributed by atoms with Gasteiger partial charge in [-0.3, -0.25) is 4.90 Å². The van der Waals surface area contributed by atoms with E-state index in [0.717, 1.165) is 45.0 Å². The summed E-state index contributed by atoms with van der Waals surface area (Å²) in [6.07, 6.45) is 0. The number of hydrogen-bond donors (Lipinski definition) is 3. The molecule has 6 heteroatoms. The van der Waals surface area contributed by atoms with Crippen LogP contribution in [-0.2, 0) is 0 Å². The predicted octanol–water partition coefficient (Wildman–Crippen LogP) is 1.22. The van der Waals surface area contributed by atoms with Gasteiger partial charge in [0.1, 0.15) is 5.82 Å². The maximum atomic E-state index is 11.2. The summed E-state index contributed by atoms with van der Waals surface area (Å²) in [4.78, 5) is 18.1. The van der Waals surface area contributed by atoms with E-state index in [0.29, 0.717) is 11.4 Å². The molecule has 1 aromatic heterocycles. The van der Waals surface area contributed by atoms with Crippen molar-refractivity contribution in [3.8, 4) is 0 Å². The van der Waals surface area contributed by atoms with Crippen molar-refractivity contribution in [1.82, 2.24) is 15.2 Å². The number of hydrogen-bond acceptors (Lipinski definition) is 5. The third-order valence-electron chi connectivity index (χ3n) is 3.63. The second-order valence-electron chi connectivity index (χ2n) is 5.64. The molecule has 1 aliphatic heterocycles. The summed E-state index contributed by atoms with van der Waals surface area (Å²) < 4.78 is 0. The van der Waals surface area contributed by atoms with Gasteiger partial charge in [-0.25, -0.2) is 9.78 Å². The summed E-state index contributed by atoms with van der Waals surface area (Å²) in [6, 6.07) is 3.25. The maximum absolute atomic E-state index is 11.2. The van der Waals surface area contributed by atoms with Crippen LogP contribution in [0.1, 0.15) is 35.8 Å². The van der Waals surface area contributed by atoms with Crippen molar-refractivity contribution in [1.29, 1.82) is 0 Å². The molecular weight excluding hydrogens is 268 g/mol. The first-order valence-corrected chi connectivity index (χ1v) is 7.48. The van der Waals surface area contributed by atoms with Crippen LogP contribution in [-0.4, -0.2) is 60.2 Å². The monoisotopic (exact) mass is 292 g/mol. The van der Waals surface area contributed by atoms with Crippen LogP contribution >= 0.6 is 0 Å². The van der Waals surface area contributed by atoms with Crippen LogP contribution in [0.3, 0.4) is 0 Å². The molecule has 0 bridgehead atoms. The molecule has 2 heterocycles. The average molecular weight is 292 g/mol. The lowest BCUT2D eigenvalue weighted by Gasteiger charge is -2.27. The largest absolute Gasteiger partial charge is 0.478 e. The van der Waals surface area contributed by atoms with Crippen molar-refractivity contribution in [2.24, 2.45) is 0 Å². The number of carboxylic acids is 1. The molecule has 1 aliphatic rings. The van der Waals surface area contributed by atoms with E-state index < -0.39 is 5.97 Å². The number of anilines is 1. The van der Waals surface area contributed by atoms with Crippen molar-refractivity contribution in [3.05, 3.63) is 23.4 Å². The molecule has 2 rings (SSSR count). The molecule has 0 saturated carbocycles. The van der Waals surface area contributed by atoms with Crippen molar-refractivity contribution in [2.75, 3.05) is 44.6 Å². The molecule has 116 valence electrons. The maximum Gasteiger partial charge on any atom is 0.335 e. The Bertz CT molecular complexity index is 485. The number of carboxylic acid groups (broad SMARTS) is 1. The van der Waals surface area contributed by atoms with Gasteiger partial charge in [0.25, 0.3) is 0 Å². The molecule has 0 unspecified atom stereocenters. The summed E-state index contributed by atoms with van der Waals surface area (Å²) in [6.45, 7) is 9.92. The molecule has 1 aromatic rings. The van der Waals surface area contributed by atoms with Gasteiger partial charge in [0.05, 0.1) is 5.56 Å². The van der Waals surface area contributed by atoms with E-state index in [1.807, 2.05) is 13.8 Å². The summed E-state index contributed by atoms with van der Waals surface area (Å²) >= 11 is 0. The fourth-order valence-corrected chi connectivity index (χ4v) is 2.34. The fraction of sp³-hybridized carbons (Fsp3) is 0.600. The SMILES string of the molecule is CC(C)c1cc(C(=O)O)cc(NCCN2CCNCC2)n1. The van der Waals surface area contributed by atoms with Crippen molar-refractivity contribution in [2.45, 2.75) is 19.8 Å². The lowest BCUT2D eigenvalue weighted by Crippen LogP contribution is -2.45. The highest BCUT2D eigenvalue weighted by molar-refractivity contribution is 5.88. The van der Waals surface area contributed by atoms with Crippen LogP contribution in [0.5, 0.6) is 0 Å². The summed E-state index contributed by atoms with van der Waals surface area (Å²) in [5, 5.41) is 15.7. The number of carbonyl (C=O) groups is 1. The van der Waals surface area contributed by atoms with E-state index in [1.165, 1.54) is 0 Å². The van der Waals surface area contributed by atoms with Gasteiger partial charge in [-0.15, -0.1) is 0 Å². The van der Waals surface area contributed by atoms with Gasteiger partial charge in [-0.2, -0.15) is 0 Å². The fourth-order valence-electron chi connectivity index (χ4n) is 2.34. The van der Waals surface area contributed by atoms with E-state index in [4.69, 9.17) is 0 Å². The van der Waals surface area contributed by atoms with Crippen LogP contribution in [0.2, 0.25) is 0 Å². The third-order valence-corrected chi connectivity index (χ3v) is 3.63. The van der Waals surface area contributed by atoms with Gasteiger partial charge < -0.3 is 15.7 Å². The molecule has 21 heavy (non-hydrogen) atoms. The molecule has 1 saturated heterocycles. The smallest absolute Gasteiger partial charge is 0.335 e. The van der Waals surface area contributed by atoms with Gasteiger partial charge in [0, 0.05) is 45.0 Å². The minimum absolute atomic E-state index is 0.206. The Kier molecular flexibility index (Phi) is 5.52. The van der Waals surface area contributed by atoms with Crippen molar-refractivity contribution < 1.29 is 9.90 Å². The zero-order valence-corrected chi connectivity index (χ0v) is 12.7. The van der Waals surface area contributed by atoms with E-state index in [2.05, 4.69) is 20.5 Å². The Morgan fingerprint density at radius 3 is 2.76 bits per heavy atom. The van der Waals surface area contributed by atoms with Crippen LogP contribution in [0.4, 0.5) is 5.82 Å². The number of nitrogens with one attached hydrogen (secondary N) is 2. The second kappa shape index (κ2) is 7.38. The molecular formula is C15H24N4O2. The standard InChI is InChI=1S/C15H24N4O2/c1-11(2)13-9-12(15(20)21)10-14(18-13)17-5-8-19-6-3-16-4-7-19/h9-11,16H,3-8H2,1-2H3,(H,17,18)(H,20,21). The minimum atomic E-state index is -0.913. The minimum Gasteiger partial charge on any atom is -0.478 e. The van der Waals surface area contributed by atoms with Crippen LogP contribution < -0.4 is 10.6 Å². The number of pyridine rings is 1. The number of aromatic nitrogens is 1. The van der Waals surface area contributed by atoms with Gasteiger partial charge in [-0.1, -0.05) is 13.8 Å². The Morgan fingerprint density at radius 1 is 1.43 bits per heavy atom. The van der Waals surface area contributed by atoms with Gasteiger partial charge in [0.15, 0.2) is 0 Å². The summed E-state index contributed by atoms with van der Waals surface area (Å²) in [5.74, 6) is -0.0591. The molecule has 0 atom stereocenters. The number of aromatic carboxylic acids is 1. The molecule has 3 N–H and O–H groups in total. The highest BCUT2D eigenvalue weighted by Gasteiger charge is 2.12. The van der Waals surface area contributed by atoms with Gasteiger partial charge in [-0.05, 0) is 18.1 Å². The van der Waals surface area contributed by atoms with Crippen molar-refractivity contribution >= 4 is 11.8 Å². The van der Waals surface area contributed by atoms with Crippen molar-refractivity contribution in [3.63, 3.8) is 0 Å². The zero-order valence-electron chi connectivity index (χ0n) is 12.7. The van der Waals surface area contributed by atoms with E-state index >= 15 is 0 Å². The summed E-state index contributed by atoms with van der Waals surface area (Å²) in [7, 11) is 0. The molecule has 0 amide bonds. The van der Waals surface area contributed by atoms with Gasteiger partial charge >= 0.3 is 5.97 Å². The third kappa shape index (κ3) is 4.68. The molecule has 0 aliphatic carbocycles. The molecule has 0 radical (unpaired) electrons. The normalized spacial score (nSPS) is 16.1. The highest BCUT2D eigenvalue weighted by atomic mass is 16.4. The first-order valence-electron chi connectivity index (χ1n) is 7.48. The molecule has 1 fully saturated rings. The van der Waals surface area contributed by atoms with Crippen LogP contribution in [0, 0.1) is 0 Å². The Morgan fingerprint density at radius 2 is 2.14 bits per heavy atom. The lowest BCUT2D eigenvalue weighted by molar-refractivity contribution is 0.0696. The number of piperazine rings is 1. The van der Waals surface area contributed by atoms with E-state index in [-0.39, 0.29) is 5.92 Å². The Balaban J connectivity index is 1.96. The Labute approximate surface area is 125 Å². The summed E-state index contributed by atoms with van der Waals surface area (Å²) in [5.41, 5.74) is 1.10. The van der Waals surface area contributed by atoms with Crippen LogP contribution in [0.15, 0.2) is 12.1 Å². The lowest BCUT2D eigenvalue weighted by atomic mass is 10.1. The quantitative estimate of drug-likeness (QED) is 0.732. The molecule has 0 spiro atoms. The number of rotatable bonds is 6. The predicted molar refractivity (Wildman–Crippen MR) is 83.1 cm³/mol. The highest BCUT2D eigenvalue weighted by Crippen LogP contribution is 2.17. The van der Waals surface area contributed by atoms with E-state index in [9.17, 15) is 9.90 Å². The molecule has 6 nitrogen and oxygen atoms in total. The number of nitrogens with zero attached hydrogens (tertiary/aromatic N) is 2. The first-order chi connectivity index (χ1) is 10.1. The Hall–Kier alpha value is -1.66. The first kappa shape index (κ1) is 15.7. The van der Waals surface area contributed by atoms with Gasteiger partial charge in [0.2, 0.25) is 0 Å². The zero-order chi connectivity index (χ0) is 15.2. The molecule has 0 aromatic carbocycles. The van der Waals surface area contributed by atoms with E-state index in [1.54, 1.807) is 12.1 Å².